The van der Waals surface area contributed by atoms with Crippen LogP contribution in [0.3, 0.4) is 0 Å². The summed E-state index contributed by atoms with van der Waals surface area (Å²) >= 11 is 0. The van der Waals surface area contributed by atoms with Gasteiger partial charge in [0.25, 0.3) is 0 Å². The molecular formula is C14H22N3O2+. The van der Waals surface area contributed by atoms with Crippen LogP contribution >= 0.6 is 0 Å². The number of oxime groups is 1. The normalized spacial score (nSPS) is 12.8. The number of ether oxygens (including phenoxy) is 1. The lowest BCUT2D eigenvalue weighted by Crippen LogP contribution is -2.32. The lowest BCUT2D eigenvalue weighted by molar-refractivity contribution is -0.672. The van der Waals surface area contributed by atoms with Gasteiger partial charge < -0.3 is 9.94 Å². The first-order valence-corrected chi connectivity index (χ1v) is 6.09. The summed E-state index contributed by atoms with van der Waals surface area (Å²) in [7, 11) is 1.87. The van der Waals surface area contributed by atoms with Gasteiger partial charge in [0.15, 0.2) is 12.9 Å². The van der Waals surface area contributed by atoms with Crippen molar-refractivity contribution in [1.29, 1.82) is 0 Å². The molecule has 0 radical (unpaired) electrons. The molecule has 0 aromatic carbocycles. The van der Waals surface area contributed by atoms with Crippen LogP contribution in [0.4, 0.5) is 0 Å². The van der Waals surface area contributed by atoms with Crippen molar-refractivity contribution in [3.8, 4) is 0 Å². The van der Waals surface area contributed by atoms with Gasteiger partial charge in [0.05, 0.1) is 13.2 Å². The Hall–Kier alpha value is -1.88. The molecule has 104 valence electrons. The lowest BCUT2D eigenvalue weighted by Gasteiger charge is -2.16. The molecule has 5 heteroatoms. The maximum Gasteiger partial charge on any atom is 0.305 e. The monoisotopic (exact) mass is 264 g/mol. The molecule has 1 atom stereocenters. The zero-order valence-corrected chi connectivity index (χ0v) is 11.8. The van der Waals surface area contributed by atoms with Crippen molar-refractivity contribution in [2.45, 2.75) is 33.1 Å². The van der Waals surface area contributed by atoms with E-state index >= 15 is 0 Å². The molecule has 19 heavy (non-hydrogen) atoms. The van der Waals surface area contributed by atoms with E-state index in [1.165, 1.54) is 6.21 Å². The minimum Gasteiger partial charge on any atom is -0.411 e. The predicted octanol–water partition coefficient (Wildman–Crippen LogP) is 2.01. The fraction of sp³-hybridized carbons (Fsp3) is 0.429. The van der Waals surface area contributed by atoms with E-state index in [9.17, 15) is 0 Å². The van der Waals surface area contributed by atoms with Crippen LogP contribution in [0, 0.1) is 0 Å². The van der Waals surface area contributed by atoms with Gasteiger partial charge in [-0.05, 0) is 20.3 Å². The van der Waals surface area contributed by atoms with Crippen LogP contribution in [0.2, 0.25) is 0 Å². The van der Waals surface area contributed by atoms with Gasteiger partial charge in [0, 0.05) is 0 Å². The van der Waals surface area contributed by atoms with E-state index in [1.54, 1.807) is 0 Å². The summed E-state index contributed by atoms with van der Waals surface area (Å²) in [6.45, 7) is 12.1. The second-order valence-electron chi connectivity index (χ2n) is 4.77. The quantitative estimate of drug-likeness (QED) is 0.269. The van der Waals surface area contributed by atoms with Crippen molar-refractivity contribution in [3.63, 3.8) is 0 Å². The molecule has 0 amide bonds. The van der Waals surface area contributed by atoms with Gasteiger partial charge >= 0.3 is 5.82 Å². The van der Waals surface area contributed by atoms with E-state index in [0.717, 1.165) is 23.4 Å². The van der Waals surface area contributed by atoms with Gasteiger partial charge in [-0.15, -0.1) is 6.58 Å². The average molecular weight is 264 g/mol. The zero-order valence-electron chi connectivity index (χ0n) is 11.8. The van der Waals surface area contributed by atoms with E-state index in [1.807, 2.05) is 42.4 Å². The molecule has 0 saturated carbocycles. The topological polar surface area (TPSA) is 50.6 Å². The Bertz CT molecular complexity index is 489. The molecule has 1 aromatic heterocycles. The highest BCUT2D eigenvalue weighted by Gasteiger charge is 2.16. The first kappa shape index (κ1) is 15.2. The summed E-state index contributed by atoms with van der Waals surface area (Å²) in [6, 6.07) is 0. The molecule has 1 rings (SSSR count). The molecule has 0 bridgehead atoms. The number of aromatic nitrogens is 2. The van der Waals surface area contributed by atoms with Crippen LogP contribution in [0.1, 0.15) is 26.1 Å². The third-order valence-electron chi connectivity index (χ3n) is 2.80. The lowest BCUT2D eigenvalue weighted by atomic mass is 10.1. The van der Waals surface area contributed by atoms with Gasteiger partial charge in [-0.1, -0.05) is 22.9 Å². The molecule has 1 unspecified atom stereocenters. The van der Waals surface area contributed by atoms with Crippen LogP contribution in [0.15, 0.2) is 41.9 Å². The molecule has 0 aliphatic rings. The maximum absolute atomic E-state index is 8.65. The fourth-order valence-electron chi connectivity index (χ4n) is 1.72. The largest absolute Gasteiger partial charge is 0.411 e. The highest BCUT2D eigenvalue weighted by molar-refractivity contribution is 5.72. The van der Waals surface area contributed by atoms with Gasteiger partial charge in [0.1, 0.15) is 12.4 Å². The van der Waals surface area contributed by atoms with E-state index in [0.29, 0.717) is 6.73 Å². The second-order valence-corrected chi connectivity index (χ2v) is 4.77. The molecule has 0 aliphatic carbocycles. The zero-order chi connectivity index (χ0) is 14.4. The minimum absolute atomic E-state index is 0.0517. The summed E-state index contributed by atoms with van der Waals surface area (Å²) in [5.41, 5.74) is 2.03. The Labute approximate surface area is 114 Å². The Morgan fingerprint density at radius 1 is 1.58 bits per heavy atom. The van der Waals surface area contributed by atoms with Crippen LogP contribution in [-0.4, -0.2) is 22.1 Å². The fourth-order valence-corrected chi connectivity index (χ4v) is 1.72. The summed E-state index contributed by atoms with van der Waals surface area (Å²) in [4.78, 5) is 0. The third-order valence-corrected chi connectivity index (χ3v) is 2.80. The van der Waals surface area contributed by atoms with Crippen molar-refractivity contribution < 1.29 is 14.5 Å². The maximum atomic E-state index is 8.65. The van der Waals surface area contributed by atoms with Crippen LogP contribution in [0.5, 0.6) is 0 Å². The molecular weight excluding hydrogens is 242 g/mol. The summed E-state index contributed by atoms with van der Waals surface area (Å²) in [6.07, 6.45) is 5.82. The molecule has 1 aromatic rings. The first-order valence-electron chi connectivity index (χ1n) is 6.09. The minimum atomic E-state index is -0.0517. The van der Waals surface area contributed by atoms with Crippen LogP contribution in [-0.2, 0) is 18.5 Å². The van der Waals surface area contributed by atoms with Gasteiger partial charge in [0.2, 0.25) is 0 Å². The van der Waals surface area contributed by atoms with Gasteiger partial charge in [-0.3, -0.25) is 0 Å². The Morgan fingerprint density at radius 3 is 2.79 bits per heavy atom. The SMILES string of the molecule is C=C(C)CC(OCn1cc[n+](C)c1/C=N/O)C(=C)C. The smallest absolute Gasteiger partial charge is 0.305 e. The molecule has 0 fully saturated rings. The van der Waals surface area contributed by atoms with E-state index in [4.69, 9.17) is 9.94 Å². The molecule has 0 spiro atoms. The van der Waals surface area contributed by atoms with Crippen molar-refractivity contribution in [2.24, 2.45) is 12.2 Å². The number of hydrogen-bond donors (Lipinski definition) is 1. The second kappa shape index (κ2) is 6.89. The summed E-state index contributed by atoms with van der Waals surface area (Å²) in [5.74, 6) is 0.748. The Balaban J connectivity index is 2.74. The Morgan fingerprint density at radius 2 is 2.26 bits per heavy atom. The predicted molar refractivity (Wildman–Crippen MR) is 74.1 cm³/mol. The average Bonchev–Trinajstić information content (AvgIpc) is 2.66. The number of imidazole rings is 1. The number of nitrogens with zero attached hydrogens (tertiary/aromatic N) is 3. The van der Waals surface area contributed by atoms with Crippen molar-refractivity contribution in [2.75, 3.05) is 0 Å². The van der Waals surface area contributed by atoms with Gasteiger partial charge in [-0.25, -0.2) is 9.13 Å². The standard InChI is InChI=1S/C14H21N3O2/c1-11(2)8-13(12(3)4)19-10-17-7-6-16(5)14(17)9-15-18/h6-7,9,13H,1,3,8,10H2,2,4-5H3/p+1. The molecule has 0 aliphatic heterocycles. The highest BCUT2D eigenvalue weighted by Crippen LogP contribution is 2.14. The van der Waals surface area contributed by atoms with E-state index in [-0.39, 0.29) is 6.10 Å². The van der Waals surface area contributed by atoms with E-state index in [2.05, 4.69) is 18.3 Å². The van der Waals surface area contributed by atoms with Crippen molar-refractivity contribution in [3.05, 3.63) is 42.5 Å². The number of rotatable bonds is 7. The van der Waals surface area contributed by atoms with Crippen LogP contribution in [0.25, 0.3) is 0 Å². The number of hydrogen-bond acceptors (Lipinski definition) is 3. The van der Waals surface area contributed by atoms with Crippen LogP contribution < -0.4 is 4.57 Å². The molecule has 1 N–H and O–H groups in total. The third kappa shape index (κ3) is 4.37. The van der Waals surface area contributed by atoms with Gasteiger partial charge in [-0.2, -0.15) is 0 Å². The molecule has 1 heterocycles. The molecule has 0 saturated heterocycles. The van der Waals surface area contributed by atoms with E-state index < -0.39 is 0 Å². The summed E-state index contributed by atoms with van der Waals surface area (Å²) < 4.78 is 9.55. The Kier molecular flexibility index (Phi) is 5.51. The first-order chi connectivity index (χ1) is 8.95. The van der Waals surface area contributed by atoms with Crippen molar-refractivity contribution in [1.82, 2.24) is 4.57 Å². The summed E-state index contributed by atoms with van der Waals surface area (Å²) in [5, 5.41) is 11.7. The molecule has 5 nitrogen and oxygen atoms in total. The number of aryl methyl sites for hydroxylation is 1. The highest BCUT2D eigenvalue weighted by atomic mass is 16.5. The van der Waals surface area contributed by atoms with Crippen molar-refractivity contribution >= 4 is 6.21 Å².